The number of fused-ring (bicyclic) bond motifs is 1. The van der Waals surface area contributed by atoms with Crippen molar-refractivity contribution < 1.29 is 23.7 Å². The monoisotopic (exact) mass is 610 g/mol. The maximum atomic E-state index is 12.2. The van der Waals surface area contributed by atoms with E-state index in [0.29, 0.717) is 41.5 Å². The lowest BCUT2D eigenvalue weighted by Crippen LogP contribution is -2.36. The number of halogens is 1. The summed E-state index contributed by atoms with van der Waals surface area (Å²) < 4.78 is 22.2. The van der Waals surface area contributed by atoms with Crippen molar-refractivity contribution in [1.29, 1.82) is 0 Å². The molecule has 0 atom stereocenters. The van der Waals surface area contributed by atoms with Crippen LogP contribution in [0, 0.1) is 0 Å². The summed E-state index contributed by atoms with van der Waals surface area (Å²) in [6.45, 7) is 8.60. The molecule has 1 fully saturated rings. The molecule has 43 heavy (non-hydrogen) atoms. The van der Waals surface area contributed by atoms with Crippen LogP contribution in [0.2, 0.25) is 5.02 Å². The van der Waals surface area contributed by atoms with E-state index in [4.69, 9.17) is 30.5 Å². The summed E-state index contributed by atoms with van der Waals surface area (Å²) in [5.74, 6) is 1.96. The number of nitrogens with zero attached hydrogens (tertiary/aromatic N) is 4. The van der Waals surface area contributed by atoms with Crippen LogP contribution in [0.25, 0.3) is 0 Å². The Morgan fingerprint density at radius 2 is 1.67 bits per heavy atom. The molecule has 0 aliphatic carbocycles. The zero-order valence-corrected chi connectivity index (χ0v) is 25.9. The zero-order valence-electron chi connectivity index (χ0n) is 25.1. The molecule has 3 heterocycles. The van der Waals surface area contributed by atoms with E-state index in [1.807, 2.05) is 38.1 Å². The van der Waals surface area contributed by atoms with Gasteiger partial charge in [-0.1, -0.05) is 11.6 Å². The molecule has 5 rings (SSSR count). The predicted molar refractivity (Wildman–Crippen MR) is 168 cm³/mol. The number of morpholine rings is 1. The maximum absolute atomic E-state index is 12.2. The quantitative estimate of drug-likeness (QED) is 0.308. The van der Waals surface area contributed by atoms with Crippen molar-refractivity contribution in [3.05, 3.63) is 52.7 Å². The summed E-state index contributed by atoms with van der Waals surface area (Å²) in [5.41, 5.74) is 4.91. The van der Waals surface area contributed by atoms with Gasteiger partial charge < -0.3 is 34.5 Å². The number of nitrogens with one attached hydrogen (secondary N) is 2. The number of rotatable bonds is 10. The number of esters is 1. The molecule has 12 heteroatoms. The fraction of sp³-hybridized carbons (Fsp3) is 0.452. The summed E-state index contributed by atoms with van der Waals surface area (Å²) in [6.07, 6.45) is 3.02. The Bertz CT molecular complexity index is 1430. The second-order valence-corrected chi connectivity index (χ2v) is 11.2. The van der Waals surface area contributed by atoms with Crippen LogP contribution in [0.15, 0.2) is 36.5 Å². The number of hydrogen-bond acceptors (Lipinski definition) is 11. The lowest BCUT2D eigenvalue weighted by atomic mass is 10.0. The Labute approximate surface area is 257 Å². The molecule has 0 unspecified atom stereocenters. The minimum atomic E-state index is -0.198. The molecule has 0 amide bonds. The van der Waals surface area contributed by atoms with Gasteiger partial charge in [0.25, 0.3) is 0 Å². The number of aromatic nitrogens is 2. The first-order chi connectivity index (χ1) is 20.8. The number of methoxy groups -OCH3 is 2. The number of benzene rings is 2. The number of carbonyl (C=O) groups excluding carboxylic acids is 1. The first-order valence-corrected chi connectivity index (χ1v) is 14.9. The number of carbonyl (C=O) groups is 1. The topological polar surface area (TPSA) is 110 Å². The normalized spacial score (nSPS) is 15.4. The summed E-state index contributed by atoms with van der Waals surface area (Å²) in [5, 5.41) is 6.98. The Balaban J connectivity index is 1.31. The molecule has 230 valence electrons. The number of ether oxygens (including phenoxy) is 4. The van der Waals surface area contributed by atoms with Gasteiger partial charge in [0.1, 0.15) is 16.5 Å². The van der Waals surface area contributed by atoms with Crippen LogP contribution in [0.5, 0.6) is 11.5 Å². The Morgan fingerprint density at radius 3 is 2.37 bits per heavy atom. The van der Waals surface area contributed by atoms with Crippen molar-refractivity contribution in [1.82, 2.24) is 14.9 Å². The molecular weight excluding hydrogens is 572 g/mol. The molecule has 11 nitrogen and oxygen atoms in total. The zero-order chi connectivity index (χ0) is 30.3. The first-order valence-electron chi connectivity index (χ1n) is 14.5. The smallest absolute Gasteiger partial charge is 0.320 e. The van der Waals surface area contributed by atoms with Gasteiger partial charge in [-0.3, -0.25) is 9.69 Å². The van der Waals surface area contributed by atoms with Crippen molar-refractivity contribution in [3.8, 4) is 11.5 Å². The molecular formula is C31H39ClN6O5. The van der Waals surface area contributed by atoms with E-state index in [2.05, 4.69) is 36.5 Å². The highest BCUT2D eigenvalue weighted by Crippen LogP contribution is 2.36. The molecule has 0 radical (unpaired) electrons. The molecule has 2 aliphatic heterocycles. The van der Waals surface area contributed by atoms with Crippen LogP contribution in [-0.2, 0) is 27.1 Å². The minimum Gasteiger partial charge on any atom is -0.495 e. The van der Waals surface area contributed by atoms with Gasteiger partial charge in [0, 0.05) is 37.9 Å². The Hall–Kier alpha value is -3.80. The molecule has 1 saturated heterocycles. The largest absolute Gasteiger partial charge is 0.495 e. The summed E-state index contributed by atoms with van der Waals surface area (Å²) in [4.78, 5) is 25.7. The summed E-state index contributed by atoms with van der Waals surface area (Å²) >= 11 is 6.51. The van der Waals surface area contributed by atoms with E-state index in [-0.39, 0.29) is 18.6 Å². The predicted octanol–water partition coefficient (Wildman–Crippen LogP) is 4.82. The highest BCUT2D eigenvalue weighted by atomic mass is 35.5. The van der Waals surface area contributed by atoms with E-state index in [0.717, 1.165) is 56.1 Å². The van der Waals surface area contributed by atoms with Gasteiger partial charge in [0.2, 0.25) is 5.95 Å². The van der Waals surface area contributed by atoms with Gasteiger partial charge in [-0.25, -0.2) is 4.98 Å². The van der Waals surface area contributed by atoms with E-state index in [9.17, 15) is 4.79 Å². The highest BCUT2D eigenvalue weighted by Gasteiger charge is 2.21. The van der Waals surface area contributed by atoms with Crippen molar-refractivity contribution in [2.75, 3.05) is 75.7 Å². The fourth-order valence-electron chi connectivity index (χ4n) is 5.27. The van der Waals surface area contributed by atoms with Gasteiger partial charge in [-0.05, 0) is 62.1 Å². The van der Waals surface area contributed by atoms with Gasteiger partial charge in [0.15, 0.2) is 5.82 Å². The summed E-state index contributed by atoms with van der Waals surface area (Å²) in [6, 6.07) is 10.1. The first kappa shape index (κ1) is 30.7. The molecule has 0 saturated carbocycles. The molecule has 2 aliphatic rings. The van der Waals surface area contributed by atoms with Gasteiger partial charge in [-0.15, -0.1) is 0 Å². The van der Waals surface area contributed by atoms with Crippen LogP contribution in [0.1, 0.15) is 25.0 Å². The van der Waals surface area contributed by atoms with Crippen LogP contribution in [0.4, 0.5) is 28.8 Å². The maximum Gasteiger partial charge on any atom is 0.320 e. The minimum absolute atomic E-state index is 0.122. The molecule has 0 bridgehead atoms. The second-order valence-electron chi connectivity index (χ2n) is 10.8. The van der Waals surface area contributed by atoms with Crippen LogP contribution >= 0.6 is 11.6 Å². The third-order valence-corrected chi connectivity index (χ3v) is 7.72. The average molecular weight is 611 g/mol. The van der Waals surface area contributed by atoms with Gasteiger partial charge in [0.05, 0.1) is 57.7 Å². The third-order valence-electron chi connectivity index (χ3n) is 7.44. The Morgan fingerprint density at radius 1 is 0.977 bits per heavy atom. The number of hydrogen-bond donors (Lipinski definition) is 2. The van der Waals surface area contributed by atoms with Crippen LogP contribution in [-0.4, -0.2) is 87.1 Å². The van der Waals surface area contributed by atoms with Crippen molar-refractivity contribution in [2.45, 2.75) is 32.8 Å². The van der Waals surface area contributed by atoms with E-state index in [1.165, 1.54) is 11.1 Å². The van der Waals surface area contributed by atoms with E-state index >= 15 is 0 Å². The molecule has 2 N–H and O–H groups in total. The van der Waals surface area contributed by atoms with Crippen LogP contribution in [0.3, 0.4) is 0 Å². The molecule has 0 spiro atoms. The van der Waals surface area contributed by atoms with Crippen molar-refractivity contribution >= 4 is 46.4 Å². The lowest BCUT2D eigenvalue weighted by molar-refractivity contribution is -0.148. The molecule has 2 aromatic carbocycles. The Kier molecular flexibility index (Phi) is 10.1. The highest BCUT2D eigenvalue weighted by molar-refractivity contribution is 6.33. The standard InChI is InChI=1S/C31H39ClN6O5/c1-20(2)43-29(39)19-37-9-7-21-15-26(27(40-3)16-22(21)8-10-37)35-31-33-18-24(32)30(36-31)34-25-6-5-23(17-28(25)41-4)38-11-13-42-14-12-38/h5-6,15-18,20H,7-14,19H2,1-4H3,(H2,33,34,35,36). The van der Waals surface area contributed by atoms with Crippen molar-refractivity contribution in [3.63, 3.8) is 0 Å². The lowest BCUT2D eigenvalue weighted by Gasteiger charge is -2.29. The molecule has 1 aromatic heterocycles. The average Bonchev–Trinajstić information content (AvgIpc) is 3.20. The van der Waals surface area contributed by atoms with Crippen molar-refractivity contribution in [2.24, 2.45) is 0 Å². The molecule has 3 aromatic rings. The number of anilines is 5. The summed E-state index contributed by atoms with van der Waals surface area (Å²) in [7, 11) is 3.28. The van der Waals surface area contributed by atoms with Gasteiger partial charge >= 0.3 is 5.97 Å². The van der Waals surface area contributed by atoms with Crippen LogP contribution < -0.4 is 25.0 Å². The SMILES string of the molecule is COc1cc2c(cc1Nc1ncc(Cl)c(Nc3ccc(N4CCOCC4)cc3OC)n1)CCN(CC(=O)OC(C)C)CC2. The second kappa shape index (κ2) is 14.1. The fourth-order valence-corrected chi connectivity index (χ4v) is 5.41. The van der Waals surface area contributed by atoms with Gasteiger partial charge in [-0.2, -0.15) is 4.98 Å². The van der Waals surface area contributed by atoms with E-state index < -0.39 is 0 Å². The third kappa shape index (κ3) is 7.78. The van der Waals surface area contributed by atoms with E-state index in [1.54, 1.807) is 20.4 Å².